The topological polar surface area (TPSA) is 160 Å². The van der Waals surface area contributed by atoms with Gasteiger partial charge in [-0.05, 0) is 23.4 Å². The van der Waals surface area contributed by atoms with Crippen LogP contribution in [0.25, 0.3) is 11.2 Å². The SMILES string of the molecule is Nc1nc(Cl)nc2c1ncn2[C@H]1[C@H](O)[C@H](O)[C@@]2(COP(O)(O)=S)C(I)[C@H]12. The van der Waals surface area contributed by atoms with Crippen LogP contribution < -0.4 is 5.73 Å². The van der Waals surface area contributed by atoms with Gasteiger partial charge in [-0.1, -0.05) is 22.6 Å². The van der Waals surface area contributed by atoms with Gasteiger partial charge < -0.3 is 34.8 Å². The van der Waals surface area contributed by atoms with Crippen LogP contribution in [-0.2, 0) is 16.3 Å². The van der Waals surface area contributed by atoms with Gasteiger partial charge in [0.15, 0.2) is 11.5 Å². The number of fused-ring (bicyclic) bond motifs is 2. The fraction of sp³-hybridized carbons (Fsp3) is 0.583. The molecule has 2 heterocycles. The zero-order chi connectivity index (χ0) is 19.0. The molecule has 0 aromatic carbocycles. The molecule has 142 valence electrons. The molecule has 2 saturated carbocycles. The molecule has 26 heavy (non-hydrogen) atoms. The molecule has 6 atom stereocenters. The Morgan fingerprint density at radius 3 is 2.77 bits per heavy atom. The third kappa shape index (κ3) is 2.70. The van der Waals surface area contributed by atoms with Gasteiger partial charge in [-0.15, -0.1) is 0 Å². The summed E-state index contributed by atoms with van der Waals surface area (Å²) >= 11 is 12.5. The summed E-state index contributed by atoms with van der Waals surface area (Å²) in [7, 11) is 0. The van der Waals surface area contributed by atoms with E-state index >= 15 is 0 Å². The monoisotopic (exact) mass is 533 g/mol. The predicted molar refractivity (Wildman–Crippen MR) is 104 cm³/mol. The van der Waals surface area contributed by atoms with Crippen LogP contribution in [-0.4, -0.2) is 62.3 Å². The predicted octanol–water partition coefficient (Wildman–Crippen LogP) is -0.0161. The van der Waals surface area contributed by atoms with E-state index in [1.807, 2.05) is 0 Å². The summed E-state index contributed by atoms with van der Waals surface area (Å²) in [5.74, 6) is -0.105. The molecule has 0 spiro atoms. The number of nitrogens with zero attached hydrogens (tertiary/aromatic N) is 4. The highest BCUT2D eigenvalue weighted by molar-refractivity contribution is 14.1. The maximum atomic E-state index is 10.6. The summed E-state index contributed by atoms with van der Waals surface area (Å²) in [4.78, 5) is 30.9. The van der Waals surface area contributed by atoms with Crippen molar-refractivity contribution < 1.29 is 24.5 Å². The molecule has 2 aliphatic rings. The molecule has 2 aromatic heterocycles. The minimum absolute atomic E-state index is 0.0533. The second kappa shape index (κ2) is 6.16. The second-order valence-corrected chi connectivity index (χ2v) is 10.8. The van der Waals surface area contributed by atoms with Crippen LogP contribution in [0.4, 0.5) is 5.82 Å². The van der Waals surface area contributed by atoms with E-state index in [9.17, 15) is 20.0 Å². The Balaban J connectivity index is 1.74. The Morgan fingerprint density at radius 1 is 1.42 bits per heavy atom. The van der Waals surface area contributed by atoms with E-state index in [4.69, 9.17) is 21.9 Å². The summed E-state index contributed by atoms with van der Waals surface area (Å²) in [6.07, 6.45) is -0.821. The smallest absolute Gasteiger partial charge is 0.321 e. The Labute approximate surface area is 170 Å². The van der Waals surface area contributed by atoms with Crippen LogP contribution >= 0.6 is 40.9 Å². The number of alkyl halides is 1. The minimum Gasteiger partial charge on any atom is -0.390 e. The van der Waals surface area contributed by atoms with E-state index in [1.165, 1.54) is 6.33 Å². The molecule has 0 amide bonds. The summed E-state index contributed by atoms with van der Waals surface area (Å²) < 4.78 is 6.54. The summed E-state index contributed by atoms with van der Waals surface area (Å²) in [5.41, 5.74) is 5.66. The number of imidazole rings is 1. The van der Waals surface area contributed by atoms with Crippen molar-refractivity contribution in [3.05, 3.63) is 11.6 Å². The third-order valence-corrected chi connectivity index (χ3v) is 8.04. The first-order valence-corrected chi connectivity index (χ1v) is 11.7. The molecule has 14 heteroatoms. The van der Waals surface area contributed by atoms with Gasteiger partial charge in [0.05, 0.1) is 25.1 Å². The Kier molecular flexibility index (Phi) is 4.54. The fourth-order valence-electron chi connectivity index (χ4n) is 3.93. The van der Waals surface area contributed by atoms with Crippen LogP contribution in [0.1, 0.15) is 6.04 Å². The molecule has 2 fully saturated rings. The quantitative estimate of drug-likeness (QED) is 0.156. The molecule has 10 nitrogen and oxygen atoms in total. The van der Waals surface area contributed by atoms with E-state index in [0.29, 0.717) is 11.2 Å². The lowest BCUT2D eigenvalue weighted by atomic mass is 10.0. The lowest BCUT2D eigenvalue weighted by Gasteiger charge is -2.26. The Bertz CT molecular complexity index is 944. The largest absolute Gasteiger partial charge is 0.390 e. The van der Waals surface area contributed by atoms with Crippen molar-refractivity contribution in [3.8, 4) is 0 Å². The highest BCUT2D eigenvalue weighted by Crippen LogP contribution is 2.71. The molecule has 4 rings (SSSR count). The molecule has 0 bridgehead atoms. The van der Waals surface area contributed by atoms with Gasteiger partial charge in [-0.25, -0.2) is 4.98 Å². The van der Waals surface area contributed by atoms with Gasteiger partial charge in [-0.3, -0.25) is 0 Å². The van der Waals surface area contributed by atoms with E-state index in [2.05, 4.69) is 49.3 Å². The van der Waals surface area contributed by atoms with E-state index in [0.717, 1.165) is 0 Å². The van der Waals surface area contributed by atoms with Gasteiger partial charge in [0.2, 0.25) is 5.28 Å². The summed E-state index contributed by atoms with van der Waals surface area (Å²) in [6.45, 7) is -4.05. The van der Waals surface area contributed by atoms with Crippen molar-refractivity contribution in [2.45, 2.75) is 22.2 Å². The Morgan fingerprint density at radius 2 is 2.12 bits per heavy atom. The maximum Gasteiger partial charge on any atom is 0.321 e. The minimum atomic E-state index is -3.88. The number of hydrogen-bond acceptors (Lipinski definition) is 8. The van der Waals surface area contributed by atoms with Crippen LogP contribution in [0.5, 0.6) is 0 Å². The number of halogens is 2. The molecule has 6 N–H and O–H groups in total. The number of nitrogens with two attached hydrogens (primary N) is 1. The molecular formula is C12H14ClIN5O5PS. The first kappa shape index (κ1) is 19.2. The van der Waals surface area contributed by atoms with E-state index in [1.54, 1.807) is 4.57 Å². The average molecular weight is 534 g/mol. The average Bonchev–Trinajstić information content (AvgIpc) is 2.83. The van der Waals surface area contributed by atoms with Crippen molar-refractivity contribution in [2.24, 2.45) is 11.3 Å². The first-order chi connectivity index (χ1) is 12.1. The van der Waals surface area contributed by atoms with Gasteiger partial charge in [0.1, 0.15) is 11.6 Å². The molecule has 2 aliphatic carbocycles. The normalized spacial score (nSPS) is 36.5. The van der Waals surface area contributed by atoms with Crippen LogP contribution in [0.3, 0.4) is 0 Å². The fourth-order valence-corrected chi connectivity index (χ4v) is 6.50. The molecule has 0 aliphatic heterocycles. The number of hydrogen-bond donors (Lipinski definition) is 5. The number of aromatic nitrogens is 4. The maximum absolute atomic E-state index is 10.6. The standard InChI is InChI=1S/C12H14ClIN5O5PS/c13-11-17-9(15)4-10(18-11)19(2-16-4)5-3-7(14)12(3,8(21)6(5)20)1-24-25(22,23)26/h2-3,5-8,20-21H,1H2,(H2,15,17,18)(H2,22,23,26)/t3-,5+,6-,7?,8-,12+/m0/s1. The van der Waals surface area contributed by atoms with Gasteiger partial charge >= 0.3 is 6.72 Å². The number of aliphatic hydroxyl groups excluding tert-OH is 2. The summed E-state index contributed by atoms with van der Waals surface area (Å²) in [5, 5.41) is 21.2. The molecule has 2 aromatic rings. The van der Waals surface area contributed by atoms with Gasteiger partial charge in [-0.2, -0.15) is 9.97 Å². The Hall–Kier alpha value is -0.180. The lowest BCUT2D eigenvalue weighted by Crippen LogP contribution is -2.38. The molecule has 0 radical (unpaired) electrons. The molecule has 0 saturated heterocycles. The first-order valence-electron chi connectivity index (χ1n) is 7.44. The number of nitrogen functional groups attached to an aromatic ring is 1. The van der Waals surface area contributed by atoms with E-state index in [-0.39, 0.29) is 27.6 Å². The summed E-state index contributed by atoms with van der Waals surface area (Å²) in [6, 6.07) is -0.568. The number of anilines is 1. The van der Waals surface area contributed by atoms with Crippen molar-refractivity contribution in [2.75, 3.05) is 12.3 Å². The highest BCUT2D eigenvalue weighted by Gasteiger charge is 2.78. The number of rotatable bonds is 4. The van der Waals surface area contributed by atoms with Gasteiger partial charge in [0.25, 0.3) is 0 Å². The zero-order valence-corrected chi connectivity index (χ0v) is 17.5. The lowest BCUT2D eigenvalue weighted by molar-refractivity contribution is -0.0264. The van der Waals surface area contributed by atoms with Crippen LogP contribution in [0.15, 0.2) is 6.33 Å². The highest BCUT2D eigenvalue weighted by atomic mass is 127. The van der Waals surface area contributed by atoms with Crippen LogP contribution in [0, 0.1) is 11.3 Å². The van der Waals surface area contributed by atoms with Crippen molar-refractivity contribution in [3.63, 3.8) is 0 Å². The second-order valence-electron chi connectivity index (χ2n) is 6.43. The van der Waals surface area contributed by atoms with Crippen molar-refractivity contribution in [1.82, 2.24) is 19.5 Å². The van der Waals surface area contributed by atoms with E-state index < -0.39 is 30.4 Å². The molecular weight excluding hydrogens is 520 g/mol. The van der Waals surface area contributed by atoms with Crippen LogP contribution in [0.2, 0.25) is 5.28 Å². The van der Waals surface area contributed by atoms with Crippen molar-refractivity contribution in [1.29, 1.82) is 0 Å². The molecule has 1 unspecified atom stereocenters. The number of aliphatic hydroxyl groups is 2. The zero-order valence-electron chi connectivity index (χ0n) is 12.8. The van der Waals surface area contributed by atoms with Crippen molar-refractivity contribution >= 4 is 69.7 Å². The van der Waals surface area contributed by atoms with Gasteiger partial charge in [0, 0.05) is 15.3 Å². The third-order valence-electron chi connectivity index (χ3n) is 5.16.